The lowest BCUT2D eigenvalue weighted by atomic mass is 9.88. The molecule has 1 nitrogen and oxygen atoms in total. The molecule has 0 amide bonds. The van der Waals surface area contributed by atoms with Gasteiger partial charge in [0, 0.05) is 10.0 Å². The van der Waals surface area contributed by atoms with E-state index in [0.717, 1.165) is 10.0 Å². The van der Waals surface area contributed by atoms with Crippen molar-refractivity contribution in [1.29, 1.82) is 0 Å². The van der Waals surface area contributed by atoms with E-state index in [9.17, 15) is 4.79 Å². The van der Waals surface area contributed by atoms with Gasteiger partial charge in [-0.1, -0.05) is 64.8 Å². The molecule has 1 rings (SSSR count). The maximum absolute atomic E-state index is 12.0. The Morgan fingerprint density at radius 3 is 2.07 bits per heavy atom. The minimum absolute atomic E-state index is 0.0653. The molecule has 0 N–H and O–H groups in total. The zero-order valence-electron chi connectivity index (χ0n) is 9.05. The Morgan fingerprint density at radius 2 is 1.67 bits per heavy atom. The van der Waals surface area contributed by atoms with Gasteiger partial charge in [-0.25, -0.2) is 0 Å². The average Bonchev–Trinajstić information content (AvgIpc) is 2.15. The van der Waals surface area contributed by atoms with Gasteiger partial charge in [-0.05, 0) is 17.5 Å². The molecule has 3 heteroatoms. The van der Waals surface area contributed by atoms with Gasteiger partial charge in [0.1, 0.15) is 0 Å². The summed E-state index contributed by atoms with van der Waals surface area (Å²) in [5.41, 5.74) is 0.680. The zero-order valence-corrected chi connectivity index (χ0v) is 12.2. The lowest BCUT2D eigenvalue weighted by Gasteiger charge is -2.24. The van der Waals surface area contributed by atoms with Crippen molar-refractivity contribution in [3.63, 3.8) is 0 Å². The standard InChI is InChI=1S/C12H14Br2O/c1-12(2,3)11(14)10(15)8-4-6-9(13)7-5-8/h4-7,11H,1-3H3. The van der Waals surface area contributed by atoms with Crippen molar-refractivity contribution in [3.8, 4) is 0 Å². The predicted octanol–water partition coefficient (Wildman–Crippen LogP) is 4.44. The number of Topliss-reactive ketones (excluding diaryl/α,β-unsaturated/α-hetero) is 1. The van der Waals surface area contributed by atoms with E-state index in [4.69, 9.17) is 0 Å². The Hall–Kier alpha value is -0.150. The van der Waals surface area contributed by atoms with E-state index in [0.29, 0.717) is 0 Å². The smallest absolute Gasteiger partial charge is 0.176 e. The van der Waals surface area contributed by atoms with Gasteiger partial charge in [0.05, 0.1) is 4.83 Å². The molecule has 0 aliphatic rings. The van der Waals surface area contributed by atoms with Crippen LogP contribution >= 0.6 is 31.9 Å². The molecule has 1 atom stereocenters. The van der Waals surface area contributed by atoms with E-state index in [1.807, 2.05) is 45.0 Å². The number of rotatable bonds is 2. The first-order chi connectivity index (χ1) is 6.82. The summed E-state index contributed by atoms with van der Waals surface area (Å²) in [7, 11) is 0. The number of carbonyl (C=O) groups excluding carboxylic acids is 1. The quantitative estimate of drug-likeness (QED) is 0.577. The van der Waals surface area contributed by atoms with Crippen molar-refractivity contribution in [2.75, 3.05) is 0 Å². The van der Waals surface area contributed by atoms with Crippen LogP contribution in [0, 0.1) is 5.41 Å². The van der Waals surface area contributed by atoms with E-state index in [1.54, 1.807) is 0 Å². The predicted molar refractivity (Wildman–Crippen MR) is 70.6 cm³/mol. The fourth-order valence-electron chi connectivity index (χ4n) is 1.15. The van der Waals surface area contributed by atoms with Gasteiger partial charge in [-0.2, -0.15) is 0 Å². The summed E-state index contributed by atoms with van der Waals surface area (Å²) in [6.07, 6.45) is 0. The fraction of sp³-hybridized carbons (Fsp3) is 0.417. The molecule has 82 valence electrons. The largest absolute Gasteiger partial charge is 0.293 e. The second-order valence-corrected chi connectivity index (χ2v) is 6.43. The summed E-state index contributed by atoms with van der Waals surface area (Å²) < 4.78 is 0.987. The number of hydrogen-bond donors (Lipinski definition) is 0. The first-order valence-corrected chi connectivity index (χ1v) is 6.47. The number of hydrogen-bond acceptors (Lipinski definition) is 1. The Kier molecular flexibility index (Phi) is 4.13. The van der Waals surface area contributed by atoms with Crippen molar-refractivity contribution in [1.82, 2.24) is 0 Å². The third-order valence-electron chi connectivity index (χ3n) is 2.12. The summed E-state index contributed by atoms with van der Waals surface area (Å²) in [4.78, 5) is 11.9. The van der Waals surface area contributed by atoms with Gasteiger partial charge in [0.25, 0.3) is 0 Å². The van der Waals surface area contributed by atoms with E-state index in [-0.39, 0.29) is 16.0 Å². The molecule has 0 spiro atoms. The summed E-state index contributed by atoms with van der Waals surface area (Å²) in [6.45, 7) is 6.13. The van der Waals surface area contributed by atoms with Gasteiger partial charge in [0.15, 0.2) is 5.78 Å². The van der Waals surface area contributed by atoms with Crippen LogP contribution in [0.3, 0.4) is 0 Å². The topological polar surface area (TPSA) is 17.1 Å². The maximum Gasteiger partial charge on any atom is 0.176 e. The van der Waals surface area contributed by atoms with Crippen LogP contribution in [0.25, 0.3) is 0 Å². The highest BCUT2D eigenvalue weighted by atomic mass is 79.9. The second kappa shape index (κ2) is 4.79. The highest BCUT2D eigenvalue weighted by Crippen LogP contribution is 2.29. The minimum atomic E-state index is -0.147. The maximum atomic E-state index is 12.0. The summed E-state index contributed by atoms with van der Waals surface area (Å²) in [6, 6.07) is 7.45. The van der Waals surface area contributed by atoms with Gasteiger partial charge in [-0.3, -0.25) is 4.79 Å². The normalized spacial score (nSPS) is 13.7. The van der Waals surface area contributed by atoms with Crippen LogP contribution in [0.15, 0.2) is 28.7 Å². The summed E-state index contributed by atoms with van der Waals surface area (Å²) in [5, 5.41) is 0. The molecule has 0 fully saturated rings. The van der Waals surface area contributed by atoms with E-state index in [2.05, 4.69) is 31.9 Å². The van der Waals surface area contributed by atoms with Gasteiger partial charge >= 0.3 is 0 Å². The van der Waals surface area contributed by atoms with Gasteiger partial charge < -0.3 is 0 Å². The Labute approximate surface area is 108 Å². The van der Waals surface area contributed by atoms with Crippen LogP contribution in [-0.2, 0) is 0 Å². The lowest BCUT2D eigenvalue weighted by molar-refractivity contribution is 0.0954. The van der Waals surface area contributed by atoms with Crippen LogP contribution in [0.5, 0.6) is 0 Å². The van der Waals surface area contributed by atoms with Crippen molar-refractivity contribution in [2.24, 2.45) is 5.41 Å². The summed E-state index contributed by atoms with van der Waals surface area (Å²) in [5.74, 6) is 0.134. The molecule has 0 aromatic heterocycles. The third-order valence-corrected chi connectivity index (χ3v) is 4.44. The molecule has 0 bridgehead atoms. The Morgan fingerprint density at radius 1 is 1.20 bits per heavy atom. The second-order valence-electron chi connectivity index (χ2n) is 4.60. The summed E-state index contributed by atoms with van der Waals surface area (Å²) >= 11 is 6.81. The minimum Gasteiger partial charge on any atom is -0.293 e. The van der Waals surface area contributed by atoms with Crippen molar-refractivity contribution >= 4 is 37.6 Å². The number of carbonyl (C=O) groups is 1. The molecule has 0 aliphatic carbocycles. The first-order valence-electron chi connectivity index (χ1n) is 4.76. The highest BCUT2D eigenvalue weighted by Gasteiger charge is 2.29. The van der Waals surface area contributed by atoms with Crippen molar-refractivity contribution < 1.29 is 4.79 Å². The molecule has 0 saturated carbocycles. The lowest BCUT2D eigenvalue weighted by Crippen LogP contribution is -2.28. The molecule has 0 radical (unpaired) electrons. The highest BCUT2D eigenvalue weighted by molar-refractivity contribution is 9.10. The monoisotopic (exact) mass is 332 g/mol. The van der Waals surface area contributed by atoms with Crippen LogP contribution < -0.4 is 0 Å². The molecule has 15 heavy (non-hydrogen) atoms. The molecule has 0 aliphatic heterocycles. The molecular formula is C12H14Br2O. The number of alkyl halides is 1. The average molecular weight is 334 g/mol. The third kappa shape index (κ3) is 3.42. The van der Waals surface area contributed by atoms with Gasteiger partial charge in [0.2, 0.25) is 0 Å². The Balaban J connectivity index is 2.90. The molecule has 1 aromatic rings. The number of benzene rings is 1. The first kappa shape index (κ1) is 12.9. The zero-order chi connectivity index (χ0) is 11.6. The number of halogens is 2. The fourth-order valence-corrected chi connectivity index (χ4v) is 1.68. The van der Waals surface area contributed by atoms with Crippen LogP contribution in [0.1, 0.15) is 31.1 Å². The van der Waals surface area contributed by atoms with E-state index < -0.39 is 0 Å². The van der Waals surface area contributed by atoms with Crippen molar-refractivity contribution in [2.45, 2.75) is 25.6 Å². The van der Waals surface area contributed by atoms with Crippen LogP contribution in [0.4, 0.5) is 0 Å². The van der Waals surface area contributed by atoms with Gasteiger partial charge in [-0.15, -0.1) is 0 Å². The van der Waals surface area contributed by atoms with E-state index in [1.165, 1.54) is 0 Å². The molecule has 0 saturated heterocycles. The Bertz CT molecular complexity index is 349. The van der Waals surface area contributed by atoms with E-state index >= 15 is 0 Å². The molecule has 1 unspecified atom stereocenters. The molecular weight excluding hydrogens is 320 g/mol. The number of ketones is 1. The van der Waals surface area contributed by atoms with Crippen LogP contribution in [-0.4, -0.2) is 10.6 Å². The van der Waals surface area contributed by atoms with Crippen LogP contribution in [0.2, 0.25) is 0 Å². The molecule has 1 aromatic carbocycles. The van der Waals surface area contributed by atoms with Crippen molar-refractivity contribution in [3.05, 3.63) is 34.3 Å². The molecule has 0 heterocycles. The SMILES string of the molecule is CC(C)(C)C(Br)C(=O)c1ccc(Br)cc1.